The summed E-state index contributed by atoms with van der Waals surface area (Å²) in [6, 6.07) is 8.74. The zero-order valence-corrected chi connectivity index (χ0v) is 22.6. The Morgan fingerprint density at radius 2 is 1.91 bits per heavy atom. The van der Waals surface area contributed by atoms with Gasteiger partial charge in [-0.2, -0.15) is 0 Å². The molecule has 2 aliphatic heterocycles. The van der Waals surface area contributed by atoms with E-state index in [1.165, 1.54) is 11.0 Å². The number of hydrogen-bond donors (Lipinski definition) is 1. The molecular weight excluding hydrogens is 505 g/mol. The third-order valence-corrected chi connectivity index (χ3v) is 7.64. The summed E-state index contributed by atoms with van der Waals surface area (Å²) in [6.45, 7) is 9.66. The van der Waals surface area contributed by atoms with Gasteiger partial charge in [0.25, 0.3) is 11.8 Å². The molecule has 0 aliphatic carbocycles. The van der Waals surface area contributed by atoms with Gasteiger partial charge < -0.3 is 9.64 Å². The number of halogens is 2. The van der Waals surface area contributed by atoms with Gasteiger partial charge in [0.2, 0.25) is 0 Å². The van der Waals surface area contributed by atoms with Gasteiger partial charge in [-0.05, 0) is 81.2 Å². The molecule has 6 nitrogen and oxygen atoms in total. The molecule has 35 heavy (non-hydrogen) atoms. The number of carbonyl (C=O) groups is 2. The van der Waals surface area contributed by atoms with E-state index in [9.17, 15) is 9.59 Å². The van der Waals surface area contributed by atoms with Gasteiger partial charge in [-0.15, -0.1) is 0 Å². The summed E-state index contributed by atoms with van der Waals surface area (Å²) in [4.78, 5) is 29.9. The molecule has 0 aromatic heterocycles. The van der Waals surface area contributed by atoms with Crippen LogP contribution in [-0.2, 0) is 9.59 Å². The minimum absolute atomic E-state index is 0.00142. The number of hydrogen-bond acceptors (Lipinski definition) is 5. The highest BCUT2D eigenvalue weighted by Crippen LogP contribution is 2.46. The third-order valence-electron chi connectivity index (χ3n) is 6.62. The maximum absolute atomic E-state index is 13.5. The van der Waals surface area contributed by atoms with Crippen LogP contribution in [0.5, 0.6) is 5.75 Å². The Morgan fingerprint density at radius 1 is 1.20 bits per heavy atom. The second-order valence-corrected chi connectivity index (χ2v) is 10.6. The Bertz CT molecular complexity index is 1270. The first-order valence-corrected chi connectivity index (χ1v) is 12.5. The molecular formula is C26H27Cl2N3O3S. The Morgan fingerprint density at radius 3 is 2.54 bits per heavy atom. The molecule has 9 heteroatoms. The fourth-order valence-electron chi connectivity index (χ4n) is 5.09. The third kappa shape index (κ3) is 4.53. The van der Waals surface area contributed by atoms with Gasteiger partial charge in [0.15, 0.2) is 5.11 Å². The fraction of sp³-hybridized carbons (Fsp3) is 0.346. The number of thiocarbonyl (C=S) groups is 1. The predicted molar refractivity (Wildman–Crippen MR) is 146 cm³/mol. The highest BCUT2D eigenvalue weighted by molar-refractivity contribution is 7.80. The van der Waals surface area contributed by atoms with Gasteiger partial charge in [0.05, 0.1) is 22.8 Å². The van der Waals surface area contributed by atoms with Crippen LogP contribution in [-0.4, -0.2) is 36.1 Å². The summed E-state index contributed by atoms with van der Waals surface area (Å²) < 4.78 is 5.70. The normalized spacial score (nSPS) is 20.7. The molecule has 2 aromatic carbocycles. The topological polar surface area (TPSA) is 61.9 Å². The van der Waals surface area contributed by atoms with Crippen LogP contribution in [0.4, 0.5) is 11.4 Å². The highest BCUT2D eigenvalue weighted by atomic mass is 35.5. The molecule has 184 valence electrons. The van der Waals surface area contributed by atoms with E-state index in [1.807, 2.05) is 12.1 Å². The second kappa shape index (κ2) is 9.45. The standard InChI is InChI=1S/C26H27Cl2N3O3S/c1-6-30-21-12-22(34-5)15(9-17(21)14(2)13-26(30,3)4)10-18-23(32)29-25(35)31(24(18)33)16-7-8-19(27)20(28)11-16/h7-12,14H,6,13H2,1-5H3,(H,29,32,35)/b18-10-. The average Bonchev–Trinajstić information content (AvgIpc) is 2.78. The van der Waals surface area contributed by atoms with Crippen LogP contribution in [0.2, 0.25) is 10.0 Å². The molecule has 4 rings (SSSR count). The van der Waals surface area contributed by atoms with Gasteiger partial charge in [-0.1, -0.05) is 30.1 Å². The number of nitrogens with zero attached hydrogens (tertiary/aromatic N) is 2. The molecule has 2 amide bonds. The number of ether oxygens (including phenoxy) is 1. The zero-order valence-electron chi connectivity index (χ0n) is 20.2. The molecule has 2 aliphatic rings. The van der Waals surface area contributed by atoms with Crippen molar-refractivity contribution in [2.45, 2.75) is 45.6 Å². The van der Waals surface area contributed by atoms with Gasteiger partial charge in [0.1, 0.15) is 11.3 Å². The van der Waals surface area contributed by atoms with Crippen molar-refractivity contribution in [2.24, 2.45) is 0 Å². The number of amides is 2. The minimum atomic E-state index is -0.569. The van der Waals surface area contributed by atoms with E-state index in [-0.39, 0.29) is 21.2 Å². The Hall–Kier alpha value is -2.61. The lowest BCUT2D eigenvalue weighted by atomic mass is 9.79. The van der Waals surface area contributed by atoms with Crippen LogP contribution in [0.25, 0.3) is 6.08 Å². The van der Waals surface area contributed by atoms with Crippen molar-refractivity contribution >= 4 is 69.8 Å². The number of benzene rings is 2. The lowest BCUT2D eigenvalue weighted by Gasteiger charge is -2.47. The number of anilines is 2. The summed E-state index contributed by atoms with van der Waals surface area (Å²) in [5, 5.41) is 3.20. The van der Waals surface area contributed by atoms with Crippen LogP contribution < -0.4 is 19.9 Å². The smallest absolute Gasteiger partial charge is 0.270 e. The molecule has 0 spiro atoms. The highest BCUT2D eigenvalue weighted by Gasteiger charge is 2.37. The second-order valence-electron chi connectivity index (χ2n) is 9.37. The first-order chi connectivity index (χ1) is 16.5. The van der Waals surface area contributed by atoms with Gasteiger partial charge in [-0.3, -0.25) is 19.8 Å². The van der Waals surface area contributed by atoms with E-state index in [0.29, 0.717) is 27.9 Å². The summed E-state index contributed by atoms with van der Waals surface area (Å²) in [7, 11) is 1.58. The quantitative estimate of drug-likeness (QED) is 0.300. The molecule has 0 radical (unpaired) electrons. The monoisotopic (exact) mass is 531 g/mol. The lowest BCUT2D eigenvalue weighted by Crippen LogP contribution is -2.54. The largest absolute Gasteiger partial charge is 0.496 e. The van der Waals surface area contributed by atoms with E-state index in [1.54, 1.807) is 25.3 Å². The predicted octanol–water partition coefficient (Wildman–Crippen LogP) is 5.95. The zero-order chi connectivity index (χ0) is 25.7. The van der Waals surface area contributed by atoms with Crippen molar-refractivity contribution in [3.05, 3.63) is 57.1 Å². The molecule has 1 atom stereocenters. The van der Waals surface area contributed by atoms with Crippen LogP contribution in [0, 0.1) is 0 Å². The van der Waals surface area contributed by atoms with Crippen molar-refractivity contribution in [3.8, 4) is 5.75 Å². The summed E-state index contributed by atoms with van der Waals surface area (Å²) >= 11 is 17.5. The first kappa shape index (κ1) is 25.5. The fourth-order valence-corrected chi connectivity index (χ4v) is 5.66. The van der Waals surface area contributed by atoms with Crippen LogP contribution in [0.15, 0.2) is 35.9 Å². The van der Waals surface area contributed by atoms with Crippen molar-refractivity contribution in [3.63, 3.8) is 0 Å². The maximum atomic E-state index is 13.5. The number of nitrogens with one attached hydrogen (secondary N) is 1. The summed E-state index contributed by atoms with van der Waals surface area (Å²) in [5.41, 5.74) is 3.26. The van der Waals surface area contributed by atoms with Crippen molar-refractivity contribution in [1.29, 1.82) is 0 Å². The molecule has 0 bridgehead atoms. The van der Waals surface area contributed by atoms with Crippen molar-refractivity contribution < 1.29 is 14.3 Å². The minimum Gasteiger partial charge on any atom is -0.496 e. The van der Waals surface area contributed by atoms with Gasteiger partial charge in [-0.25, -0.2) is 0 Å². The van der Waals surface area contributed by atoms with Crippen LogP contribution >= 0.6 is 35.4 Å². The maximum Gasteiger partial charge on any atom is 0.270 e. The molecule has 2 aromatic rings. The molecule has 1 saturated heterocycles. The lowest BCUT2D eigenvalue weighted by molar-refractivity contribution is -0.122. The van der Waals surface area contributed by atoms with Gasteiger partial charge in [0, 0.05) is 29.4 Å². The van der Waals surface area contributed by atoms with Gasteiger partial charge >= 0.3 is 0 Å². The number of carbonyl (C=O) groups excluding carboxylic acids is 2. The number of fused-ring (bicyclic) bond motifs is 1. The molecule has 2 heterocycles. The van der Waals surface area contributed by atoms with E-state index in [4.69, 9.17) is 40.2 Å². The number of rotatable bonds is 4. The molecule has 1 unspecified atom stereocenters. The SMILES string of the molecule is CCN1c2cc(OC)c(/C=C3/C(=O)NC(=S)N(c4ccc(Cl)c(Cl)c4)C3=O)cc2C(C)CC1(C)C. The van der Waals surface area contributed by atoms with E-state index >= 15 is 0 Å². The molecule has 1 N–H and O–H groups in total. The van der Waals surface area contributed by atoms with E-state index in [2.05, 4.69) is 37.9 Å². The Balaban J connectivity index is 1.81. The first-order valence-electron chi connectivity index (χ1n) is 11.3. The average molecular weight is 532 g/mol. The summed E-state index contributed by atoms with van der Waals surface area (Å²) in [6.07, 6.45) is 2.54. The van der Waals surface area contributed by atoms with Crippen LogP contribution in [0.1, 0.15) is 51.2 Å². The van der Waals surface area contributed by atoms with Crippen molar-refractivity contribution in [1.82, 2.24) is 5.32 Å². The van der Waals surface area contributed by atoms with E-state index < -0.39 is 11.8 Å². The Kier molecular flexibility index (Phi) is 6.88. The van der Waals surface area contributed by atoms with Crippen molar-refractivity contribution in [2.75, 3.05) is 23.5 Å². The summed E-state index contributed by atoms with van der Waals surface area (Å²) in [5.74, 6) is -0.252. The van der Waals surface area contributed by atoms with Crippen LogP contribution in [0.3, 0.4) is 0 Å². The molecule has 1 fully saturated rings. The van der Waals surface area contributed by atoms with E-state index in [0.717, 1.165) is 24.2 Å². The molecule has 0 saturated carbocycles. The number of methoxy groups -OCH3 is 1. The Labute approximate surface area is 220 Å².